The summed E-state index contributed by atoms with van der Waals surface area (Å²) < 4.78 is 6.83. The highest BCUT2D eigenvalue weighted by molar-refractivity contribution is 9.10. The minimum Gasteiger partial charge on any atom is -0.478 e. The van der Waals surface area contributed by atoms with E-state index < -0.39 is 5.60 Å². The Hall–Kier alpha value is -2.01. The van der Waals surface area contributed by atoms with Crippen molar-refractivity contribution < 1.29 is 9.53 Å². The van der Waals surface area contributed by atoms with Crippen molar-refractivity contribution in [2.75, 3.05) is 11.1 Å². The largest absolute Gasteiger partial charge is 0.478 e. The van der Waals surface area contributed by atoms with E-state index in [0.717, 1.165) is 27.7 Å². The van der Waals surface area contributed by atoms with Gasteiger partial charge in [0.15, 0.2) is 5.60 Å². The molecule has 0 bridgehead atoms. The van der Waals surface area contributed by atoms with Crippen LogP contribution in [0.3, 0.4) is 0 Å². The molecule has 0 radical (unpaired) electrons. The number of aryl methyl sites for hydroxylation is 2. The number of hydrogen-bond acceptors (Lipinski definition) is 3. The minimum atomic E-state index is -1.01. The predicted molar refractivity (Wildman–Crippen MR) is 102 cm³/mol. The first-order valence-electron chi connectivity index (χ1n) is 7.88. The highest BCUT2D eigenvalue weighted by atomic mass is 79.9. The van der Waals surface area contributed by atoms with E-state index in [0.29, 0.717) is 11.4 Å². The lowest BCUT2D eigenvalue weighted by Gasteiger charge is -2.26. The van der Waals surface area contributed by atoms with Crippen LogP contribution >= 0.6 is 15.9 Å². The van der Waals surface area contributed by atoms with Gasteiger partial charge in [0.05, 0.1) is 0 Å². The normalized spacial score (nSPS) is 11.2. The lowest BCUT2D eigenvalue weighted by atomic mass is 10.0. The molecule has 0 aliphatic rings. The van der Waals surface area contributed by atoms with Crippen molar-refractivity contribution >= 4 is 33.2 Å². The van der Waals surface area contributed by atoms with Crippen LogP contribution in [-0.2, 0) is 11.2 Å². The quantitative estimate of drug-likeness (QED) is 0.727. The number of nitrogens with one attached hydrogen (secondary N) is 1. The van der Waals surface area contributed by atoms with Crippen LogP contribution in [-0.4, -0.2) is 11.5 Å². The Bertz CT molecular complexity index is 740. The zero-order valence-corrected chi connectivity index (χ0v) is 16.0. The summed E-state index contributed by atoms with van der Waals surface area (Å²) in [6, 6.07) is 11.2. The summed E-state index contributed by atoms with van der Waals surface area (Å²) in [5, 5.41) is 3.00. The predicted octanol–water partition coefficient (Wildman–Crippen LogP) is 4.70. The summed E-state index contributed by atoms with van der Waals surface area (Å²) in [6.07, 6.45) is 0.787. The SMILES string of the molecule is CCc1cc(N)cc(C)c1NC(=O)C(C)(C)Oc1ccc(Br)cc1. The first kappa shape index (κ1) is 18.3. The molecule has 0 spiro atoms. The zero-order chi connectivity index (χ0) is 17.9. The first-order chi connectivity index (χ1) is 11.2. The maximum absolute atomic E-state index is 12.7. The van der Waals surface area contributed by atoms with Gasteiger partial charge in [0.25, 0.3) is 5.91 Å². The molecular formula is C19H23BrN2O2. The molecule has 0 aliphatic heterocycles. The van der Waals surface area contributed by atoms with Crippen molar-refractivity contribution in [1.82, 2.24) is 0 Å². The number of hydrogen-bond donors (Lipinski definition) is 2. The molecule has 1 amide bonds. The molecule has 2 aromatic carbocycles. The van der Waals surface area contributed by atoms with Crippen LogP contribution in [0.25, 0.3) is 0 Å². The monoisotopic (exact) mass is 390 g/mol. The number of rotatable bonds is 5. The number of halogens is 1. The van der Waals surface area contributed by atoms with Gasteiger partial charge in [-0.1, -0.05) is 22.9 Å². The van der Waals surface area contributed by atoms with Crippen LogP contribution in [0.1, 0.15) is 31.9 Å². The second-order valence-electron chi connectivity index (χ2n) is 6.25. The van der Waals surface area contributed by atoms with E-state index in [9.17, 15) is 4.79 Å². The van der Waals surface area contributed by atoms with Gasteiger partial charge >= 0.3 is 0 Å². The van der Waals surface area contributed by atoms with Gasteiger partial charge in [0.1, 0.15) is 5.75 Å². The molecule has 2 rings (SSSR count). The molecule has 0 fully saturated rings. The third-order valence-corrected chi connectivity index (χ3v) is 4.32. The standard InChI is InChI=1S/C19H23BrN2O2/c1-5-13-11-15(21)10-12(2)17(13)22-18(23)19(3,4)24-16-8-6-14(20)7-9-16/h6-11H,5,21H2,1-4H3,(H,22,23). The molecule has 0 unspecified atom stereocenters. The van der Waals surface area contributed by atoms with E-state index >= 15 is 0 Å². The molecule has 5 heteroatoms. The second kappa shape index (κ2) is 7.26. The maximum atomic E-state index is 12.7. The minimum absolute atomic E-state index is 0.201. The van der Waals surface area contributed by atoms with Crippen LogP contribution in [0.15, 0.2) is 40.9 Å². The Morgan fingerprint density at radius 2 is 1.88 bits per heavy atom. The summed E-state index contributed by atoms with van der Waals surface area (Å²) in [5.41, 5.74) is 8.36. The first-order valence-corrected chi connectivity index (χ1v) is 8.67. The Morgan fingerprint density at radius 3 is 2.46 bits per heavy atom. The van der Waals surface area contributed by atoms with E-state index in [1.165, 1.54) is 0 Å². The Kier molecular flexibility index (Phi) is 5.54. The third-order valence-electron chi connectivity index (χ3n) is 3.79. The molecule has 4 nitrogen and oxygen atoms in total. The third kappa shape index (κ3) is 4.29. The average molecular weight is 391 g/mol. The molecule has 2 aromatic rings. The van der Waals surface area contributed by atoms with Gasteiger partial charge in [-0.2, -0.15) is 0 Å². The molecule has 0 aromatic heterocycles. The zero-order valence-electron chi connectivity index (χ0n) is 14.4. The summed E-state index contributed by atoms with van der Waals surface area (Å²) in [6.45, 7) is 7.48. The summed E-state index contributed by atoms with van der Waals surface area (Å²) >= 11 is 3.38. The number of carbonyl (C=O) groups excluding carboxylic acids is 1. The highest BCUT2D eigenvalue weighted by Gasteiger charge is 2.30. The van der Waals surface area contributed by atoms with Crippen molar-refractivity contribution in [2.45, 2.75) is 39.7 Å². The van der Waals surface area contributed by atoms with E-state index in [2.05, 4.69) is 21.2 Å². The smallest absolute Gasteiger partial charge is 0.267 e. The fourth-order valence-corrected chi connectivity index (χ4v) is 2.72. The molecule has 128 valence electrons. The molecule has 0 saturated carbocycles. The number of amides is 1. The number of benzene rings is 2. The van der Waals surface area contributed by atoms with Crippen molar-refractivity contribution in [2.24, 2.45) is 0 Å². The van der Waals surface area contributed by atoms with Crippen molar-refractivity contribution in [3.63, 3.8) is 0 Å². The van der Waals surface area contributed by atoms with Gasteiger partial charge in [-0.3, -0.25) is 4.79 Å². The van der Waals surface area contributed by atoms with Gasteiger partial charge in [0.2, 0.25) is 0 Å². The fourth-order valence-electron chi connectivity index (χ4n) is 2.46. The fraction of sp³-hybridized carbons (Fsp3) is 0.316. The molecule has 0 heterocycles. The van der Waals surface area contributed by atoms with Crippen LogP contribution in [0, 0.1) is 6.92 Å². The summed E-state index contributed by atoms with van der Waals surface area (Å²) in [7, 11) is 0. The molecule has 3 N–H and O–H groups in total. The number of nitrogen functional groups attached to an aromatic ring is 1. The average Bonchev–Trinajstić information content (AvgIpc) is 2.51. The number of carbonyl (C=O) groups is 1. The highest BCUT2D eigenvalue weighted by Crippen LogP contribution is 2.27. The van der Waals surface area contributed by atoms with Crippen LogP contribution < -0.4 is 15.8 Å². The Labute approximate surface area is 151 Å². The lowest BCUT2D eigenvalue weighted by molar-refractivity contribution is -0.128. The summed E-state index contributed by atoms with van der Waals surface area (Å²) in [4.78, 5) is 12.7. The molecule has 0 saturated heterocycles. The molecule has 24 heavy (non-hydrogen) atoms. The van der Waals surface area contributed by atoms with Crippen molar-refractivity contribution in [1.29, 1.82) is 0 Å². The maximum Gasteiger partial charge on any atom is 0.267 e. The van der Waals surface area contributed by atoms with Gasteiger partial charge in [-0.15, -0.1) is 0 Å². The van der Waals surface area contributed by atoms with E-state index in [1.807, 2.05) is 50.2 Å². The van der Waals surface area contributed by atoms with Gasteiger partial charge < -0.3 is 15.8 Å². The van der Waals surface area contributed by atoms with Gasteiger partial charge in [0, 0.05) is 15.8 Å². The van der Waals surface area contributed by atoms with Crippen LogP contribution in [0.5, 0.6) is 5.75 Å². The van der Waals surface area contributed by atoms with Gasteiger partial charge in [-0.05, 0) is 74.7 Å². The molecular weight excluding hydrogens is 368 g/mol. The van der Waals surface area contributed by atoms with E-state index in [4.69, 9.17) is 10.5 Å². The topological polar surface area (TPSA) is 64.3 Å². The van der Waals surface area contributed by atoms with Crippen molar-refractivity contribution in [3.05, 3.63) is 52.0 Å². The van der Waals surface area contributed by atoms with E-state index in [-0.39, 0.29) is 5.91 Å². The molecule has 0 atom stereocenters. The van der Waals surface area contributed by atoms with Crippen LogP contribution in [0.2, 0.25) is 0 Å². The number of ether oxygens (including phenoxy) is 1. The lowest BCUT2D eigenvalue weighted by Crippen LogP contribution is -2.42. The van der Waals surface area contributed by atoms with E-state index in [1.54, 1.807) is 13.8 Å². The van der Waals surface area contributed by atoms with Gasteiger partial charge in [-0.25, -0.2) is 0 Å². The Morgan fingerprint density at radius 1 is 1.25 bits per heavy atom. The van der Waals surface area contributed by atoms with Crippen LogP contribution in [0.4, 0.5) is 11.4 Å². The number of nitrogens with two attached hydrogens (primary N) is 1. The Balaban J connectivity index is 2.20. The number of anilines is 2. The summed E-state index contributed by atoms with van der Waals surface area (Å²) in [5.74, 6) is 0.441. The van der Waals surface area contributed by atoms with Crippen molar-refractivity contribution in [3.8, 4) is 5.75 Å². The second-order valence-corrected chi connectivity index (χ2v) is 7.16. The molecule has 0 aliphatic carbocycles.